The number of unbranched alkanes of at least 4 members (excludes halogenated alkanes) is 3. The van der Waals surface area contributed by atoms with Crippen LogP contribution in [-0.2, 0) is 4.43 Å². The van der Waals surface area contributed by atoms with Gasteiger partial charge in [0.05, 0.1) is 0 Å². The van der Waals surface area contributed by atoms with Crippen LogP contribution in [0.3, 0.4) is 0 Å². The standard InChI is InChI=1S/C10H26N2OSi/c1-13-14-9-7-10(12)6-4-2-3-5-8-11/h10H,2-9,11-12,14H2,1H3. The van der Waals surface area contributed by atoms with Crippen molar-refractivity contribution in [2.75, 3.05) is 13.7 Å². The molecule has 0 aromatic rings. The monoisotopic (exact) mass is 218 g/mol. The predicted octanol–water partition coefficient (Wildman–Crippen LogP) is 0.761. The van der Waals surface area contributed by atoms with E-state index in [1.54, 1.807) is 7.11 Å². The Hall–Kier alpha value is 0.0969. The molecule has 86 valence electrons. The van der Waals surface area contributed by atoms with E-state index in [0.29, 0.717) is 6.04 Å². The summed E-state index contributed by atoms with van der Waals surface area (Å²) in [5, 5.41) is 0. The summed E-state index contributed by atoms with van der Waals surface area (Å²) in [5.74, 6) is 0. The molecule has 0 aliphatic rings. The molecule has 14 heavy (non-hydrogen) atoms. The second-order valence-corrected chi connectivity index (χ2v) is 5.58. The van der Waals surface area contributed by atoms with Gasteiger partial charge in [0.1, 0.15) is 0 Å². The molecule has 0 spiro atoms. The van der Waals surface area contributed by atoms with Gasteiger partial charge in [-0.3, -0.25) is 0 Å². The van der Waals surface area contributed by atoms with Crippen molar-refractivity contribution in [3.8, 4) is 0 Å². The van der Waals surface area contributed by atoms with Crippen LogP contribution in [0.2, 0.25) is 6.04 Å². The minimum Gasteiger partial charge on any atom is -0.427 e. The summed E-state index contributed by atoms with van der Waals surface area (Å²) in [6.07, 6.45) is 7.28. The van der Waals surface area contributed by atoms with Crippen molar-refractivity contribution < 1.29 is 4.43 Å². The van der Waals surface area contributed by atoms with E-state index in [0.717, 1.165) is 19.4 Å². The van der Waals surface area contributed by atoms with Crippen molar-refractivity contribution in [1.29, 1.82) is 0 Å². The van der Waals surface area contributed by atoms with Crippen LogP contribution >= 0.6 is 0 Å². The lowest BCUT2D eigenvalue weighted by molar-refractivity contribution is 0.435. The molecule has 0 aromatic carbocycles. The average Bonchev–Trinajstić information content (AvgIpc) is 2.18. The molecule has 0 amide bonds. The first-order valence-corrected chi connectivity index (χ1v) is 7.33. The van der Waals surface area contributed by atoms with Gasteiger partial charge < -0.3 is 15.9 Å². The number of rotatable bonds is 10. The zero-order valence-electron chi connectivity index (χ0n) is 9.50. The Balaban J connectivity index is 3.06. The molecular formula is C10H26N2OSi. The van der Waals surface area contributed by atoms with E-state index >= 15 is 0 Å². The maximum Gasteiger partial charge on any atom is 0.161 e. The Bertz CT molecular complexity index is 114. The van der Waals surface area contributed by atoms with Gasteiger partial charge in [-0.2, -0.15) is 0 Å². The van der Waals surface area contributed by atoms with Gasteiger partial charge in [0, 0.05) is 13.2 Å². The fourth-order valence-electron chi connectivity index (χ4n) is 1.54. The molecule has 0 aromatic heterocycles. The molecule has 1 unspecified atom stereocenters. The number of nitrogens with two attached hydrogens (primary N) is 2. The van der Waals surface area contributed by atoms with E-state index in [9.17, 15) is 0 Å². The lowest BCUT2D eigenvalue weighted by Crippen LogP contribution is -2.20. The highest BCUT2D eigenvalue weighted by atomic mass is 28.2. The minimum absolute atomic E-state index is 0.254. The average molecular weight is 218 g/mol. The molecule has 0 radical (unpaired) electrons. The van der Waals surface area contributed by atoms with Crippen LogP contribution in [-0.4, -0.2) is 29.5 Å². The molecule has 0 aliphatic heterocycles. The normalized spacial score (nSPS) is 13.9. The molecule has 0 bridgehead atoms. The summed E-state index contributed by atoms with van der Waals surface area (Å²) in [4.78, 5) is 0. The maximum atomic E-state index is 5.97. The highest BCUT2D eigenvalue weighted by Gasteiger charge is 2.01. The van der Waals surface area contributed by atoms with Crippen LogP contribution < -0.4 is 11.5 Å². The molecule has 0 aliphatic carbocycles. The van der Waals surface area contributed by atoms with E-state index in [4.69, 9.17) is 15.9 Å². The van der Waals surface area contributed by atoms with Gasteiger partial charge in [0.2, 0.25) is 0 Å². The SMILES string of the molecule is CO[SiH2]CCC(N)CCCCCCN. The summed E-state index contributed by atoms with van der Waals surface area (Å²) in [6, 6.07) is 1.62. The first-order valence-electron chi connectivity index (χ1n) is 5.76. The Morgan fingerprint density at radius 1 is 1.14 bits per heavy atom. The Morgan fingerprint density at radius 3 is 2.50 bits per heavy atom. The molecule has 4 N–H and O–H groups in total. The molecule has 1 atom stereocenters. The van der Waals surface area contributed by atoms with Gasteiger partial charge in [0.25, 0.3) is 0 Å². The van der Waals surface area contributed by atoms with Crippen molar-refractivity contribution in [2.24, 2.45) is 11.5 Å². The van der Waals surface area contributed by atoms with Crippen LogP contribution in [0, 0.1) is 0 Å². The summed E-state index contributed by atoms with van der Waals surface area (Å²) >= 11 is 0. The summed E-state index contributed by atoms with van der Waals surface area (Å²) in [6.45, 7) is 0.825. The first kappa shape index (κ1) is 14.1. The van der Waals surface area contributed by atoms with E-state index < -0.39 is 0 Å². The van der Waals surface area contributed by atoms with Gasteiger partial charge in [-0.1, -0.05) is 19.3 Å². The number of hydrogen-bond acceptors (Lipinski definition) is 3. The Labute approximate surface area is 90.5 Å². The fraction of sp³-hybridized carbons (Fsp3) is 1.00. The third-order valence-electron chi connectivity index (χ3n) is 2.45. The highest BCUT2D eigenvalue weighted by Crippen LogP contribution is 2.07. The van der Waals surface area contributed by atoms with Crippen LogP contribution in [0.1, 0.15) is 38.5 Å². The van der Waals surface area contributed by atoms with E-state index in [2.05, 4.69) is 0 Å². The second-order valence-electron chi connectivity index (χ2n) is 3.89. The second kappa shape index (κ2) is 11.2. The molecular weight excluding hydrogens is 192 g/mol. The van der Waals surface area contributed by atoms with Crippen molar-refractivity contribution in [3.63, 3.8) is 0 Å². The number of hydrogen-bond donors (Lipinski definition) is 2. The van der Waals surface area contributed by atoms with E-state index in [-0.39, 0.29) is 9.76 Å². The third kappa shape index (κ3) is 10.2. The Morgan fingerprint density at radius 2 is 1.86 bits per heavy atom. The molecule has 3 nitrogen and oxygen atoms in total. The zero-order chi connectivity index (χ0) is 10.6. The van der Waals surface area contributed by atoms with Gasteiger partial charge in [0.15, 0.2) is 9.76 Å². The molecule has 0 fully saturated rings. The molecule has 0 saturated carbocycles. The predicted molar refractivity (Wildman–Crippen MR) is 65.1 cm³/mol. The van der Waals surface area contributed by atoms with E-state index in [1.165, 1.54) is 31.7 Å². The smallest absolute Gasteiger partial charge is 0.161 e. The van der Waals surface area contributed by atoms with Gasteiger partial charge >= 0.3 is 0 Å². The lowest BCUT2D eigenvalue weighted by atomic mass is 10.1. The molecule has 0 rings (SSSR count). The summed E-state index contributed by atoms with van der Waals surface area (Å²) in [7, 11) is 1.54. The zero-order valence-corrected chi connectivity index (χ0v) is 10.9. The molecule has 4 heteroatoms. The third-order valence-corrected chi connectivity index (χ3v) is 3.56. The highest BCUT2D eigenvalue weighted by molar-refractivity contribution is 6.26. The Kier molecular flexibility index (Phi) is 11.3. The van der Waals surface area contributed by atoms with Crippen molar-refractivity contribution in [1.82, 2.24) is 0 Å². The largest absolute Gasteiger partial charge is 0.427 e. The van der Waals surface area contributed by atoms with Crippen LogP contribution in [0.4, 0.5) is 0 Å². The van der Waals surface area contributed by atoms with Gasteiger partial charge in [-0.05, 0) is 31.9 Å². The van der Waals surface area contributed by atoms with Crippen molar-refractivity contribution in [3.05, 3.63) is 0 Å². The fourth-order valence-corrected chi connectivity index (χ4v) is 2.52. The van der Waals surface area contributed by atoms with Gasteiger partial charge in [-0.15, -0.1) is 0 Å². The van der Waals surface area contributed by atoms with Crippen LogP contribution in [0.25, 0.3) is 0 Å². The topological polar surface area (TPSA) is 61.3 Å². The first-order chi connectivity index (χ1) is 6.81. The van der Waals surface area contributed by atoms with Crippen molar-refractivity contribution in [2.45, 2.75) is 50.6 Å². The summed E-state index contributed by atoms with van der Waals surface area (Å²) in [5.41, 5.74) is 11.4. The lowest BCUT2D eigenvalue weighted by Gasteiger charge is -2.10. The van der Waals surface area contributed by atoms with Crippen LogP contribution in [0.15, 0.2) is 0 Å². The van der Waals surface area contributed by atoms with Crippen molar-refractivity contribution >= 4 is 9.76 Å². The quantitative estimate of drug-likeness (QED) is 0.420. The molecule has 0 heterocycles. The minimum atomic E-state index is -0.254. The van der Waals surface area contributed by atoms with E-state index in [1.807, 2.05) is 0 Å². The summed E-state index contributed by atoms with van der Waals surface area (Å²) < 4.78 is 5.12. The van der Waals surface area contributed by atoms with Gasteiger partial charge in [-0.25, -0.2) is 0 Å². The maximum absolute atomic E-state index is 5.97. The van der Waals surface area contributed by atoms with Crippen LogP contribution in [0.5, 0.6) is 0 Å². The molecule has 0 saturated heterocycles.